The maximum absolute atomic E-state index is 13.4. The first-order valence-corrected chi connectivity index (χ1v) is 15.6. The highest BCUT2D eigenvalue weighted by Gasteiger charge is 2.27. The highest BCUT2D eigenvalue weighted by Crippen LogP contribution is 2.29. The van der Waals surface area contributed by atoms with Gasteiger partial charge in [0.15, 0.2) is 0 Å². The van der Waals surface area contributed by atoms with Crippen LogP contribution in [0.3, 0.4) is 0 Å². The third-order valence-electron chi connectivity index (χ3n) is 7.94. The van der Waals surface area contributed by atoms with Crippen molar-refractivity contribution in [1.29, 1.82) is 0 Å². The van der Waals surface area contributed by atoms with Crippen LogP contribution in [0.15, 0.2) is 12.3 Å². The Morgan fingerprint density at radius 1 is 1.23 bits per heavy atom. The number of carbonyl (C=O) groups excluding carboxylic acids is 2. The molecule has 0 aromatic carbocycles. The van der Waals surface area contributed by atoms with Gasteiger partial charge in [0.25, 0.3) is 5.91 Å². The summed E-state index contributed by atoms with van der Waals surface area (Å²) < 4.78 is 7.65. The lowest BCUT2D eigenvalue weighted by Gasteiger charge is -2.28. The minimum atomic E-state index is -0.590. The lowest BCUT2D eigenvalue weighted by molar-refractivity contribution is -0.122. The molecule has 2 amide bonds. The van der Waals surface area contributed by atoms with Crippen LogP contribution in [0, 0.1) is 23.7 Å². The summed E-state index contributed by atoms with van der Waals surface area (Å²) in [4.78, 5) is 26.1. The summed E-state index contributed by atoms with van der Waals surface area (Å²) in [5, 5.41) is 20.8. The van der Waals surface area contributed by atoms with Crippen molar-refractivity contribution in [2.45, 2.75) is 124 Å². The van der Waals surface area contributed by atoms with E-state index in [2.05, 4.69) is 43.4 Å². The van der Waals surface area contributed by atoms with Crippen molar-refractivity contribution in [2.24, 2.45) is 23.7 Å². The third-order valence-corrected chi connectivity index (χ3v) is 7.94. The Morgan fingerprint density at radius 3 is 2.52 bits per heavy atom. The molecular weight excluding hydrogens is 504 g/mol. The van der Waals surface area contributed by atoms with Gasteiger partial charge in [0.1, 0.15) is 5.56 Å². The number of hydrogen-bond donors (Lipinski definition) is 3. The monoisotopic (exact) mass is 560 g/mol. The molecule has 0 aliphatic heterocycles. The molecule has 0 saturated heterocycles. The fraction of sp³-hybridized carbons (Fsp3) is 0.781. The number of ether oxygens (including phenoxy) is 1. The molecule has 1 aromatic rings. The SMILES string of the molecule is CCCC(C)CC(CO)[C@H](CC)NC(=O)c1cnn(/C=C/C(C)(C)NC(=O)CCC2CCCC2)c1OCC(C)C. The topological polar surface area (TPSA) is 105 Å². The van der Waals surface area contributed by atoms with Gasteiger partial charge in [0.2, 0.25) is 11.8 Å². The molecule has 2 rings (SSSR count). The van der Waals surface area contributed by atoms with Crippen molar-refractivity contribution in [2.75, 3.05) is 13.2 Å². The summed E-state index contributed by atoms with van der Waals surface area (Å²) in [6, 6.07) is -0.146. The van der Waals surface area contributed by atoms with Crippen LogP contribution in [0.4, 0.5) is 0 Å². The van der Waals surface area contributed by atoms with Crippen LogP contribution < -0.4 is 15.4 Å². The summed E-state index contributed by atoms with van der Waals surface area (Å²) in [5.74, 6) is 1.59. The Balaban J connectivity index is 2.14. The van der Waals surface area contributed by atoms with Crippen molar-refractivity contribution >= 4 is 18.0 Å². The summed E-state index contributed by atoms with van der Waals surface area (Å²) in [6.07, 6.45) is 15.5. The number of carbonyl (C=O) groups is 2. The van der Waals surface area contributed by atoms with Gasteiger partial charge in [-0.05, 0) is 56.9 Å². The molecule has 2 unspecified atom stereocenters. The van der Waals surface area contributed by atoms with Gasteiger partial charge in [-0.2, -0.15) is 5.10 Å². The molecule has 8 heteroatoms. The number of aliphatic hydroxyl groups is 1. The molecule has 1 heterocycles. The molecule has 3 atom stereocenters. The number of nitrogens with zero attached hydrogens (tertiary/aromatic N) is 2. The number of aliphatic hydroxyl groups excluding tert-OH is 1. The number of amides is 2. The number of rotatable bonds is 18. The van der Waals surface area contributed by atoms with E-state index in [-0.39, 0.29) is 36.3 Å². The van der Waals surface area contributed by atoms with E-state index in [1.807, 2.05) is 26.8 Å². The van der Waals surface area contributed by atoms with Crippen molar-refractivity contribution in [3.05, 3.63) is 17.8 Å². The van der Waals surface area contributed by atoms with E-state index in [1.165, 1.54) is 31.9 Å². The van der Waals surface area contributed by atoms with E-state index in [1.54, 1.807) is 10.9 Å². The van der Waals surface area contributed by atoms with E-state index in [0.717, 1.165) is 32.1 Å². The van der Waals surface area contributed by atoms with Crippen LogP contribution in [-0.4, -0.2) is 51.5 Å². The molecule has 1 saturated carbocycles. The van der Waals surface area contributed by atoms with Gasteiger partial charge >= 0.3 is 0 Å². The molecule has 1 aliphatic rings. The Labute approximate surface area is 242 Å². The summed E-state index contributed by atoms with van der Waals surface area (Å²) in [6.45, 7) is 14.9. The molecule has 3 N–H and O–H groups in total. The van der Waals surface area contributed by atoms with Crippen molar-refractivity contribution in [1.82, 2.24) is 20.4 Å². The maximum Gasteiger partial charge on any atom is 0.258 e. The van der Waals surface area contributed by atoms with E-state index in [4.69, 9.17) is 4.74 Å². The fourth-order valence-electron chi connectivity index (χ4n) is 5.65. The minimum Gasteiger partial charge on any atom is -0.477 e. The molecule has 228 valence electrons. The first kappa shape index (κ1) is 33.9. The van der Waals surface area contributed by atoms with E-state index in [0.29, 0.717) is 36.3 Å². The largest absolute Gasteiger partial charge is 0.477 e. The van der Waals surface area contributed by atoms with Gasteiger partial charge < -0.3 is 20.5 Å². The highest BCUT2D eigenvalue weighted by molar-refractivity contribution is 5.96. The van der Waals surface area contributed by atoms with Crippen LogP contribution in [0.25, 0.3) is 6.20 Å². The Kier molecular flexibility index (Phi) is 14.2. The van der Waals surface area contributed by atoms with Crippen LogP contribution in [-0.2, 0) is 4.79 Å². The summed E-state index contributed by atoms with van der Waals surface area (Å²) in [7, 11) is 0. The Morgan fingerprint density at radius 2 is 1.93 bits per heavy atom. The zero-order valence-corrected chi connectivity index (χ0v) is 26.2. The third kappa shape index (κ3) is 11.3. The molecule has 1 aromatic heterocycles. The number of nitrogens with one attached hydrogen (secondary N) is 2. The molecule has 0 spiro atoms. The average Bonchev–Trinajstić information content (AvgIpc) is 3.56. The smallest absolute Gasteiger partial charge is 0.258 e. The van der Waals surface area contributed by atoms with E-state index >= 15 is 0 Å². The van der Waals surface area contributed by atoms with Gasteiger partial charge in [-0.15, -0.1) is 0 Å². The Hall–Kier alpha value is -2.35. The first-order valence-electron chi connectivity index (χ1n) is 15.6. The summed E-state index contributed by atoms with van der Waals surface area (Å²) >= 11 is 0. The lowest BCUT2D eigenvalue weighted by Crippen LogP contribution is -2.42. The van der Waals surface area contributed by atoms with Crippen molar-refractivity contribution in [3.63, 3.8) is 0 Å². The number of hydrogen-bond acceptors (Lipinski definition) is 5. The second-order valence-corrected chi connectivity index (χ2v) is 12.8. The van der Waals surface area contributed by atoms with Crippen LogP contribution in [0.5, 0.6) is 5.88 Å². The normalized spacial score (nSPS) is 16.8. The van der Waals surface area contributed by atoms with Gasteiger partial charge in [0.05, 0.1) is 18.3 Å². The van der Waals surface area contributed by atoms with Gasteiger partial charge in [-0.25, -0.2) is 4.68 Å². The average molecular weight is 561 g/mol. The summed E-state index contributed by atoms with van der Waals surface area (Å²) in [5.41, 5.74) is -0.228. The van der Waals surface area contributed by atoms with Crippen LogP contribution in [0.1, 0.15) is 123 Å². The van der Waals surface area contributed by atoms with Gasteiger partial charge in [-0.3, -0.25) is 9.59 Å². The molecule has 0 bridgehead atoms. The lowest BCUT2D eigenvalue weighted by atomic mass is 9.87. The zero-order chi connectivity index (χ0) is 29.7. The predicted molar refractivity (Wildman–Crippen MR) is 162 cm³/mol. The van der Waals surface area contributed by atoms with Crippen LogP contribution in [0.2, 0.25) is 0 Å². The number of aromatic nitrogens is 2. The molecule has 1 fully saturated rings. The van der Waals surface area contributed by atoms with Crippen LogP contribution >= 0.6 is 0 Å². The van der Waals surface area contributed by atoms with Gasteiger partial charge in [0, 0.05) is 31.2 Å². The fourth-order valence-corrected chi connectivity index (χ4v) is 5.65. The van der Waals surface area contributed by atoms with Gasteiger partial charge in [-0.1, -0.05) is 73.1 Å². The molecule has 0 radical (unpaired) electrons. The second-order valence-electron chi connectivity index (χ2n) is 12.8. The zero-order valence-electron chi connectivity index (χ0n) is 26.2. The highest BCUT2D eigenvalue weighted by atomic mass is 16.5. The molecular formula is C32H56N4O4. The van der Waals surface area contributed by atoms with E-state index < -0.39 is 5.54 Å². The first-order chi connectivity index (χ1) is 19.0. The second kappa shape index (κ2) is 16.8. The quantitative estimate of drug-likeness (QED) is 0.198. The maximum atomic E-state index is 13.4. The molecule has 1 aliphatic carbocycles. The van der Waals surface area contributed by atoms with Crippen molar-refractivity contribution in [3.8, 4) is 5.88 Å². The molecule has 8 nitrogen and oxygen atoms in total. The predicted octanol–water partition coefficient (Wildman–Crippen LogP) is 6.20. The van der Waals surface area contributed by atoms with Crippen molar-refractivity contribution < 1.29 is 19.4 Å². The minimum absolute atomic E-state index is 0.0106. The van der Waals surface area contributed by atoms with E-state index in [9.17, 15) is 14.7 Å². The standard InChI is InChI=1S/C32H56N4O4/c1-8-12-24(5)19-26(21-37)28(9-2)34-30(39)27-20-33-36(31(27)40-22-23(3)4)18-17-32(6,7)35-29(38)16-15-25-13-10-11-14-25/h17-18,20,23-26,28,37H,8-16,19,21-22H2,1-7H3,(H,34,39)(H,35,38)/b18-17+/t24?,26?,28-/m0/s1. The molecule has 40 heavy (non-hydrogen) atoms. The Bertz CT molecular complexity index is 933.